The molecule has 0 bridgehead atoms. The minimum absolute atomic E-state index is 0.422. The first-order valence-corrected chi connectivity index (χ1v) is 10.8. The summed E-state index contributed by atoms with van der Waals surface area (Å²) in [6.07, 6.45) is 12.8. The number of hydrogen-bond donors (Lipinski definition) is 0. The van der Waals surface area contributed by atoms with E-state index in [1.807, 2.05) is 0 Å². The summed E-state index contributed by atoms with van der Waals surface area (Å²) in [7, 11) is -0.422. The van der Waals surface area contributed by atoms with Crippen LogP contribution in [0, 0.1) is 5.92 Å². The Hall–Kier alpha value is -1.47. The van der Waals surface area contributed by atoms with Crippen LogP contribution in [0.2, 0.25) is 13.1 Å². The van der Waals surface area contributed by atoms with Crippen LogP contribution in [-0.2, 0) is 0 Å². The van der Waals surface area contributed by atoms with Gasteiger partial charge in [-0.15, -0.1) is 0 Å². The largest absolute Gasteiger partial charge is 0.0769 e. The fourth-order valence-corrected chi connectivity index (χ4v) is 5.43. The summed E-state index contributed by atoms with van der Waals surface area (Å²) >= 11 is 0. The molecule has 22 heavy (non-hydrogen) atoms. The van der Waals surface area contributed by atoms with Gasteiger partial charge in [-0.05, 0) is 60.6 Å². The molecule has 0 aromatic heterocycles. The van der Waals surface area contributed by atoms with Crippen molar-refractivity contribution in [2.75, 3.05) is 0 Å². The molecule has 3 aliphatic carbocycles. The predicted molar refractivity (Wildman–Crippen MR) is 101 cm³/mol. The molecule has 0 aromatic rings. The van der Waals surface area contributed by atoms with Crippen molar-refractivity contribution in [1.82, 2.24) is 0 Å². The molecule has 1 unspecified atom stereocenters. The van der Waals surface area contributed by atoms with E-state index >= 15 is 0 Å². The van der Waals surface area contributed by atoms with Gasteiger partial charge in [-0.1, -0.05) is 61.1 Å². The van der Waals surface area contributed by atoms with E-state index in [-0.39, 0.29) is 0 Å². The molecule has 114 valence electrons. The normalized spacial score (nSPS) is 24.4. The number of fused-ring (bicyclic) bond motifs is 1. The van der Waals surface area contributed by atoms with Crippen LogP contribution in [0.1, 0.15) is 34.1 Å². The molecule has 0 amide bonds. The average molecular weight is 307 g/mol. The smallest absolute Gasteiger partial charge is 0.00826 e. The van der Waals surface area contributed by atoms with Crippen LogP contribution in [0.5, 0.6) is 0 Å². The summed E-state index contributed by atoms with van der Waals surface area (Å²) in [5.74, 6) is 0.541. The predicted octanol–water partition coefficient (Wildman–Crippen LogP) is 5.55. The van der Waals surface area contributed by atoms with Gasteiger partial charge in [0, 0.05) is 14.3 Å². The monoisotopic (exact) mass is 306 g/mol. The van der Waals surface area contributed by atoms with Crippen LogP contribution in [0.15, 0.2) is 69.4 Å². The first-order chi connectivity index (χ1) is 10.4. The number of rotatable bonds is 1. The molecule has 3 rings (SSSR count). The van der Waals surface area contributed by atoms with Crippen LogP contribution in [0.3, 0.4) is 0 Å². The van der Waals surface area contributed by atoms with Crippen molar-refractivity contribution in [2.45, 2.75) is 47.2 Å². The highest BCUT2D eigenvalue weighted by atomic mass is 28.2. The highest BCUT2D eigenvalue weighted by molar-refractivity contribution is 6.71. The van der Waals surface area contributed by atoms with Crippen molar-refractivity contribution < 1.29 is 0 Å². The summed E-state index contributed by atoms with van der Waals surface area (Å²) in [6, 6.07) is 0. The van der Waals surface area contributed by atoms with E-state index in [4.69, 9.17) is 0 Å². The molecule has 0 saturated heterocycles. The Labute approximate surface area is 136 Å². The van der Waals surface area contributed by atoms with Gasteiger partial charge in [-0.25, -0.2) is 0 Å². The Morgan fingerprint density at radius 1 is 1.09 bits per heavy atom. The van der Waals surface area contributed by atoms with Crippen molar-refractivity contribution >= 4 is 13.6 Å². The Balaban J connectivity index is 2.22. The van der Waals surface area contributed by atoms with Gasteiger partial charge in [0.05, 0.1) is 0 Å². The Bertz CT molecular complexity index is 754. The molecule has 0 spiro atoms. The van der Waals surface area contributed by atoms with Crippen molar-refractivity contribution in [1.29, 1.82) is 0 Å². The van der Waals surface area contributed by atoms with Gasteiger partial charge in [0.1, 0.15) is 0 Å². The van der Waals surface area contributed by atoms with Crippen LogP contribution in [0.4, 0.5) is 0 Å². The molecule has 0 fully saturated rings. The van der Waals surface area contributed by atoms with Crippen LogP contribution in [0.25, 0.3) is 0 Å². The van der Waals surface area contributed by atoms with E-state index in [1.54, 1.807) is 16.3 Å². The maximum atomic E-state index is 2.41. The van der Waals surface area contributed by atoms with Crippen molar-refractivity contribution in [3.63, 3.8) is 0 Å². The Morgan fingerprint density at radius 3 is 2.41 bits per heavy atom. The molecular weight excluding hydrogens is 280 g/mol. The summed E-state index contributed by atoms with van der Waals surface area (Å²) in [4.78, 5) is 0. The third-order valence-electron chi connectivity index (χ3n) is 5.33. The maximum Gasteiger partial charge on any atom is 0.00826 e. The van der Waals surface area contributed by atoms with E-state index in [1.165, 1.54) is 27.9 Å². The van der Waals surface area contributed by atoms with Crippen molar-refractivity contribution in [2.24, 2.45) is 5.92 Å². The molecule has 1 atom stereocenters. The molecule has 1 heteroatoms. The Kier molecular flexibility index (Phi) is 3.94. The second kappa shape index (κ2) is 5.62. The zero-order valence-electron chi connectivity index (χ0n) is 14.7. The molecule has 0 aromatic carbocycles. The lowest BCUT2D eigenvalue weighted by molar-refractivity contribution is 0.942. The lowest BCUT2D eigenvalue weighted by atomic mass is 9.86. The van der Waals surface area contributed by atoms with Gasteiger partial charge >= 0.3 is 0 Å². The van der Waals surface area contributed by atoms with Gasteiger partial charge in [0.15, 0.2) is 0 Å². The molecule has 0 heterocycles. The van der Waals surface area contributed by atoms with Crippen LogP contribution >= 0.6 is 0 Å². The summed E-state index contributed by atoms with van der Waals surface area (Å²) in [5, 5.41) is 1.65. The fourth-order valence-electron chi connectivity index (χ4n) is 3.99. The second-order valence-electron chi connectivity index (χ2n) is 6.97. The molecule has 0 nitrogen and oxygen atoms in total. The number of hydrogen-bond acceptors (Lipinski definition) is 0. The van der Waals surface area contributed by atoms with E-state index in [0.717, 1.165) is 6.42 Å². The molecule has 0 saturated carbocycles. The van der Waals surface area contributed by atoms with Crippen molar-refractivity contribution in [3.05, 3.63) is 69.4 Å². The van der Waals surface area contributed by atoms with Gasteiger partial charge < -0.3 is 0 Å². The van der Waals surface area contributed by atoms with Gasteiger partial charge in [0.25, 0.3) is 0 Å². The topological polar surface area (TPSA) is 0 Å². The number of allylic oxidation sites excluding steroid dienone is 12. The van der Waals surface area contributed by atoms with E-state index in [2.05, 4.69) is 71.2 Å². The molecular formula is C21H26Si. The van der Waals surface area contributed by atoms with Gasteiger partial charge in [-0.2, -0.15) is 0 Å². The van der Waals surface area contributed by atoms with E-state index < -0.39 is 8.41 Å². The highest BCUT2D eigenvalue weighted by Gasteiger charge is 2.29. The van der Waals surface area contributed by atoms with E-state index in [9.17, 15) is 0 Å². The SMILES string of the molecule is CC1=CCC(C2=C3C(=CC=CC(=[Si](C)C)C3C)C=C2C)=C1C. The molecule has 3 aliphatic rings. The lowest BCUT2D eigenvalue weighted by Crippen LogP contribution is -2.19. The zero-order chi connectivity index (χ0) is 16.0. The molecule has 0 radical (unpaired) electrons. The molecule has 0 N–H and O–H groups in total. The first-order valence-electron chi connectivity index (χ1n) is 8.28. The standard InChI is InChI=1S/C21H26Si/c1-13-10-11-18(15(13)3)20-14(2)12-17-8-7-9-19(22(5)6)16(4)21(17)20/h7-10,12,16H,11H2,1-6H3. The highest BCUT2D eigenvalue weighted by Crippen LogP contribution is 2.44. The minimum atomic E-state index is -0.422. The lowest BCUT2D eigenvalue weighted by Gasteiger charge is -2.21. The van der Waals surface area contributed by atoms with Gasteiger partial charge in [0.2, 0.25) is 0 Å². The summed E-state index contributed by atoms with van der Waals surface area (Å²) < 4.78 is 0. The quantitative estimate of drug-likeness (QED) is 0.557. The fraction of sp³-hybridized carbons (Fsp3) is 0.381. The minimum Gasteiger partial charge on any atom is -0.0769 e. The first kappa shape index (κ1) is 15.4. The Morgan fingerprint density at radius 2 is 1.82 bits per heavy atom. The van der Waals surface area contributed by atoms with Crippen LogP contribution < -0.4 is 0 Å². The van der Waals surface area contributed by atoms with Gasteiger partial charge in [-0.3, -0.25) is 0 Å². The molecule has 0 aliphatic heterocycles. The average Bonchev–Trinajstić information content (AvgIpc) is 2.89. The third-order valence-corrected chi connectivity index (χ3v) is 7.09. The second-order valence-corrected chi connectivity index (χ2v) is 9.55. The van der Waals surface area contributed by atoms with E-state index in [0.29, 0.717) is 5.92 Å². The zero-order valence-corrected chi connectivity index (χ0v) is 15.7. The van der Waals surface area contributed by atoms with Crippen LogP contribution in [-0.4, -0.2) is 13.6 Å². The summed E-state index contributed by atoms with van der Waals surface area (Å²) in [6.45, 7) is 14.0. The summed E-state index contributed by atoms with van der Waals surface area (Å²) in [5.41, 5.74) is 10.5. The maximum absolute atomic E-state index is 2.41. The van der Waals surface area contributed by atoms with Crippen molar-refractivity contribution in [3.8, 4) is 0 Å². The third kappa shape index (κ3) is 2.32.